The van der Waals surface area contributed by atoms with Crippen molar-refractivity contribution in [2.75, 3.05) is 26.5 Å². The van der Waals surface area contributed by atoms with Crippen LogP contribution < -0.4 is 14.8 Å². The van der Waals surface area contributed by atoms with Crippen molar-refractivity contribution in [2.24, 2.45) is 0 Å². The maximum Gasteiger partial charge on any atom is 0.242 e. The first-order chi connectivity index (χ1) is 14.5. The molecule has 0 saturated heterocycles. The van der Waals surface area contributed by atoms with Crippen LogP contribution in [0.4, 0.5) is 0 Å². The van der Waals surface area contributed by atoms with Crippen LogP contribution in [0.1, 0.15) is 25.0 Å². The van der Waals surface area contributed by atoms with Gasteiger partial charge in [0.15, 0.2) is 0 Å². The molecule has 0 fully saturated rings. The maximum atomic E-state index is 13.0. The Morgan fingerprint density at radius 1 is 1.03 bits per heavy atom. The van der Waals surface area contributed by atoms with Crippen molar-refractivity contribution in [3.8, 4) is 11.5 Å². The molecule has 2 rings (SSSR count). The topological polar surface area (TPSA) is 67.9 Å². The molecule has 0 spiro atoms. The Morgan fingerprint density at radius 3 is 2.37 bits per heavy atom. The van der Waals surface area contributed by atoms with Crippen LogP contribution in [-0.2, 0) is 21.9 Å². The Labute approximate surface area is 182 Å². The molecule has 0 aliphatic carbocycles. The lowest BCUT2D eigenvalue weighted by molar-refractivity contribution is -0.138. The highest BCUT2D eigenvalue weighted by Crippen LogP contribution is 2.19. The summed E-state index contributed by atoms with van der Waals surface area (Å²) in [6.07, 6.45) is 0. The van der Waals surface area contributed by atoms with Gasteiger partial charge in [0.05, 0.1) is 20.0 Å². The molecule has 0 aromatic heterocycles. The minimum Gasteiger partial charge on any atom is -0.497 e. The molecule has 0 bridgehead atoms. The summed E-state index contributed by atoms with van der Waals surface area (Å²) < 4.78 is 10.4. The summed E-state index contributed by atoms with van der Waals surface area (Å²) >= 11 is 1.53. The lowest BCUT2D eigenvalue weighted by Crippen LogP contribution is -2.48. The van der Waals surface area contributed by atoms with E-state index in [1.54, 1.807) is 26.0 Å². The number of carbonyl (C=O) groups excluding carboxylic acids is 2. The van der Waals surface area contributed by atoms with Gasteiger partial charge in [-0.15, -0.1) is 11.8 Å². The normalized spacial score (nSPS) is 11.5. The molecule has 1 N–H and O–H groups in total. The second kappa shape index (κ2) is 12.1. The Kier molecular flexibility index (Phi) is 9.54. The van der Waals surface area contributed by atoms with E-state index in [4.69, 9.17) is 9.47 Å². The fourth-order valence-corrected chi connectivity index (χ4v) is 3.80. The summed E-state index contributed by atoms with van der Waals surface area (Å²) in [4.78, 5) is 27.1. The van der Waals surface area contributed by atoms with Gasteiger partial charge >= 0.3 is 0 Å². The van der Waals surface area contributed by atoms with Crippen LogP contribution in [0.15, 0.2) is 48.5 Å². The van der Waals surface area contributed by atoms with E-state index in [1.807, 2.05) is 55.5 Å². The molecule has 7 heteroatoms. The first-order valence-corrected chi connectivity index (χ1v) is 11.0. The zero-order chi connectivity index (χ0) is 21.9. The molecule has 0 aliphatic heterocycles. The van der Waals surface area contributed by atoms with Gasteiger partial charge in [-0.25, -0.2) is 0 Å². The van der Waals surface area contributed by atoms with E-state index in [9.17, 15) is 9.59 Å². The van der Waals surface area contributed by atoms with Crippen LogP contribution in [-0.4, -0.2) is 49.3 Å². The van der Waals surface area contributed by atoms with E-state index in [1.165, 1.54) is 11.8 Å². The fraction of sp³-hybridized carbons (Fsp3) is 0.391. The van der Waals surface area contributed by atoms with Gasteiger partial charge in [-0.3, -0.25) is 9.59 Å². The number of rotatable bonds is 11. The van der Waals surface area contributed by atoms with E-state index in [-0.39, 0.29) is 11.8 Å². The number of nitrogens with zero attached hydrogens (tertiary/aromatic N) is 1. The van der Waals surface area contributed by atoms with Crippen LogP contribution >= 0.6 is 11.8 Å². The van der Waals surface area contributed by atoms with Gasteiger partial charge in [-0.1, -0.05) is 24.3 Å². The quantitative estimate of drug-likeness (QED) is 0.591. The summed E-state index contributed by atoms with van der Waals surface area (Å²) in [5, 5.41) is 2.81. The van der Waals surface area contributed by atoms with Gasteiger partial charge in [-0.05, 0) is 49.2 Å². The Morgan fingerprint density at radius 2 is 1.73 bits per heavy atom. The zero-order valence-corrected chi connectivity index (χ0v) is 18.8. The van der Waals surface area contributed by atoms with Gasteiger partial charge in [0.2, 0.25) is 11.8 Å². The predicted octanol–water partition coefficient (Wildman–Crippen LogP) is 3.49. The number of methoxy groups -OCH3 is 2. The zero-order valence-electron chi connectivity index (χ0n) is 18.0. The van der Waals surface area contributed by atoms with E-state index in [2.05, 4.69) is 5.32 Å². The molecular formula is C23H30N2O4S. The number of likely N-dealkylation sites (N-methyl/N-ethyl adjacent to an activating group) is 1. The molecule has 0 saturated carbocycles. The van der Waals surface area contributed by atoms with Crippen molar-refractivity contribution in [3.63, 3.8) is 0 Å². The largest absolute Gasteiger partial charge is 0.497 e. The summed E-state index contributed by atoms with van der Waals surface area (Å²) in [5.41, 5.74) is 2.03. The van der Waals surface area contributed by atoms with Crippen molar-refractivity contribution in [1.29, 1.82) is 0 Å². The van der Waals surface area contributed by atoms with Crippen LogP contribution in [0.2, 0.25) is 0 Å². The monoisotopic (exact) mass is 430 g/mol. The minimum absolute atomic E-state index is 0.0740. The number of benzene rings is 2. The molecule has 162 valence electrons. The standard InChI is InChI=1S/C23H30N2O4S/c1-5-24-23(27)17(2)25(14-19-7-6-8-21(13-19)29-4)22(26)16-30-15-18-9-11-20(28-3)12-10-18/h6-13,17H,5,14-16H2,1-4H3,(H,24,27)/t17-/m0/s1. The first kappa shape index (κ1) is 23.6. The van der Waals surface area contributed by atoms with E-state index < -0.39 is 6.04 Å². The summed E-state index contributed by atoms with van der Waals surface area (Å²) in [6, 6.07) is 14.8. The lowest BCUT2D eigenvalue weighted by atomic mass is 10.1. The third-order valence-electron chi connectivity index (χ3n) is 4.66. The lowest BCUT2D eigenvalue weighted by Gasteiger charge is -2.28. The van der Waals surface area contributed by atoms with Crippen molar-refractivity contribution in [1.82, 2.24) is 10.2 Å². The first-order valence-electron chi connectivity index (χ1n) is 9.89. The molecule has 30 heavy (non-hydrogen) atoms. The number of amides is 2. The molecule has 0 heterocycles. The van der Waals surface area contributed by atoms with Crippen LogP contribution in [0.25, 0.3) is 0 Å². The summed E-state index contributed by atoms with van der Waals surface area (Å²) in [7, 11) is 3.24. The SMILES string of the molecule is CCNC(=O)[C@H](C)N(Cc1cccc(OC)c1)C(=O)CSCc1ccc(OC)cc1. The van der Waals surface area contributed by atoms with Crippen molar-refractivity contribution in [2.45, 2.75) is 32.2 Å². The Hall–Kier alpha value is -2.67. The van der Waals surface area contributed by atoms with Gasteiger partial charge in [0.1, 0.15) is 17.5 Å². The average Bonchev–Trinajstić information content (AvgIpc) is 2.77. The number of nitrogens with one attached hydrogen (secondary N) is 1. The highest BCUT2D eigenvalue weighted by molar-refractivity contribution is 7.99. The molecule has 0 aliphatic rings. The van der Waals surface area contributed by atoms with E-state index >= 15 is 0 Å². The molecule has 6 nitrogen and oxygen atoms in total. The molecule has 2 amide bonds. The molecule has 2 aromatic carbocycles. The molecule has 2 aromatic rings. The van der Waals surface area contributed by atoms with Gasteiger partial charge < -0.3 is 19.7 Å². The van der Waals surface area contributed by atoms with Crippen LogP contribution in [0, 0.1) is 0 Å². The van der Waals surface area contributed by atoms with Gasteiger partial charge in [0, 0.05) is 18.8 Å². The van der Waals surface area contributed by atoms with Gasteiger partial charge in [0.25, 0.3) is 0 Å². The van der Waals surface area contributed by atoms with Crippen LogP contribution in [0.5, 0.6) is 11.5 Å². The number of ether oxygens (including phenoxy) is 2. The molecular weight excluding hydrogens is 400 g/mol. The fourth-order valence-electron chi connectivity index (χ4n) is 2.93. The van der Waals surface area contributed by atoms with Crippen molar-refractivity contribution in [3.05, 3.63) is 59.7 Å². The number of carbonyl (C=O) groups is 2. The second-order valence-electron chi connectivity index (χ2n) is 6.78. The summed E-state index contributed by atoms with van der Waals surface area (Å²) in [6.45, 7) is 4.49. The predicted molar refractivity (Wildman–Crippen MR) is 121 cm³/mol. The van der Waals surface area contributed by atoms with Crippen molar-refractivity contribution >= 4 is 23.6 Å². The smallest absolute Gasteiger partial charge is 0.242 e. The molecule has 1 atom stereocenters. The highest BCUT2D eigenvalue weighted by atomic mass is 32.2. The number of hydrogen-bond donors (Lipinski definition) is 1. The minimum atomic E-state index is -0.565. The third-order valence-corrected chi connectivity index (χ3v) is 5.65. The van der Waals surface area contributed by atoms with E-state index in [0.717, 1.165) is 22.6 Å². The van der Waals surface area contributed by atoms with Crippen LogP contribution in [0.3, 0.4) is 0 Å². The third kappa shape index (κ3) is 6.99. The van der Waals surface area contributed by atoms with Crippen molar-refractivity contribution < 1.29 is 19.1 Å². The average molecular weight is 431 g/mol. The highest BCUT2D eigenvalue weighted by Gasteiger charge is 2.25. The Bertz CT molecular complexity index is 826. The number of hydrogen-bond acceptors (Lipinski definition) is 5. The molecule has 0 radical (unpaired) electrons. The summed E-state index contributed by atoms with van der Waals surface area (Å²) in [5.74, 6) is 2.29. The molecule has 0 unspecified atom stereocenters. The maximum absolute atomic E-state index is 13.0. The number of thioether (sulfide) groups is 1. The van der Waals surface area contributed by atoms with Gasteiger partial charge in [-0.2, -0.15) is 0 Å². The van der Waals surface area contributed by atoms with E-state index in [0.29, 0.717) is 24.6 Å². The Balaban J connectivity index is 2.05. The second-order valence-corrected chi connectivity index (χ2v) is 7.77.